The lowest BCUT2D eigenvalue weighted by atomic mass is 10.0. The highest BCUT2D eigenvalue weighted by Gasteiger charge is 2.41. The normalized spacial score (nSPS) is 18.4. The Labute approximate surface area is 191 Å². The molecule has 156 valence electrons. The van der Waals surface area contributed by atoms with Gasteiger partial charge in [0.25, 0.3) is 0 Å². The van der Waals surface area contributed by atoms with Gasteiger partial charge in [0.1, 0.15) is 5.76 Å². The van der Waals surface area contributed by atoms with E-state index in [1.165, 1.54) is 0 Å². The standard InChI is InChI=1S/C24H21ClN4OS/c1-16-14-17(9-10-19(16)25)28-12-4-8-21(28)23-22(20-7-2-3-11-26-20)27-24(31)29(23)15-18-6-5-13-30-18/h2-14,22-23H,15H2,1H3,(H,27,31)/t22-,23+/m0/s1. The summed E-state index contributed by atoms with van der Waals surface area (Å²) in [6.45, 7) is 2.58. The lowest BCUT2D eigenvalue weighted by Crippen LogP contribution is -2.29. The summed E-state index contributed by atoms with van der Waals surface area (Å²) < 4.78 is 7.82. The molecule has 1 aromatic carbocycles. The maximum atomic E-state index is 6.27. The number of aromatic nitrogens is 2. The number of thiocarbonyl (C=S) groups is 1. The summed E-state index contributed by atoms with van der Waals surface area (Å²) >= 11 is 12.0. The van der Waals surface area contributed by atoms with Crippen LogP contribution >= 0.6 is 23.8 Å². The van der Waals surface area contributed by atoms with Gasteiger partial charge < -0.3 is 19.2 Å². The molecule has 31 heavy (non-hydrogen) atoms. The highest BCUT2D eigenvalue weighted by atomic mass is 35.5. The van der Waals surface area contributed by atoms with Crippen molar-refractivity contribution in [3.05, 3.63) is 107 Å². The molecule has 1 N–H and O–H groups in total. The predicted molar refractivity (Wildman–Crippen MR) is 125 cm³/mol. The van der Waals surface area contributed by atoms with Gasteiger partial charge in [0.2, 0.25) is 0 Å². The Morgan fingerprint density at radius 2 is 2.03 bits per heavy atom. The molecule has 1 aliphatic heterocycles. The summed E-state index contributed by atoms with van der Waals surface area (Å²) in [5, 5.41) is 4.92. The topological polar surface area (TPSA) is 46.2 Å². The maximum Gasteiger partial charge on any atom is 0.170 e. The van der Waals surface area contributed by atoms with Crippen LogP contribution in [0.2, 0.25) is 5.02 Å². The number of rotatable bonds is 5. The van der Waals surface area contributed by atoms with Crippen molar-refractivity contribution in [3.8, 4) is 5.69 Å². The van der Waals surface area contributed by atoms with Crippen LogP contribution in [0.15, 0.2) is 83.7 Å². The zero-order chi connectivity index (χ0) is 21.4. The first-order valence-corrected chi connectivity index (χ1v) is 10.8. The Morgan fingerprint density at radius 3 is 2.77 bits per heavy atom. The van der Waals surface area contributed by atoms with Gasteiger partial charge in [-0.3, -0.25) is 4.98 Å². The summed E-state index contributed by atoms with van der Waals surface area (Å²) in [7, 11) is 0. The van der Waals surface area contributed by atoms with E-state index < -0.39 is 0 Å². The Bertz CT molecular complexity index is 1210. The van der Waals surface area contributed by atoms with Crippen LogP contribution < -0.4 is 5.32 Å². The molecule has 2 atom stereocenters. The quantitative estimate of drug-likeness (QED) is 0.402. The monoisotopic (exact) mass is 448 g/mol. The van der Waals surface area contributed by atoms with Gasteiger partial charge in [-0.05, 0) is 79.3 Å². The second-order valence-corrected chi connectivity index (χ2v) is 8.36. The molecule has 5 nitrogen and oxygen atoms in total. The summed E-state index contributed by atoms with van der Waals surface area (Å²) in [6.07, 6.45) is 5.57. The van der Waals surface area contributed by atoms with Crippen LogP contribution in [0.5, 0.6) is 0 Å². The van der Waals surface area contributed by atoms with E-state index in [4.69, 9.17) is 28.2 Å². The molecule has 7 heteroatoms. The van der Waals surface area contributed by atoms with Crippen LogP contribution in [0.25, 0.3) is 5.69 Å². The zero-order valence-electron chi connectivity index (χ0n) is 16.9. The zero-order valence-corrected chi connectivity index (χ0v) is 18.5. The van der Waals surface area contributed by atoms with Crippen molar-refractivity contribution in [2.24, 2.45) is 0 Å². The third-order valence-corrected chi connectivity index (χ3v) is 6.38. The summed E-state index contributed by atoms with van der Waals surface area (Å²) in [6, 6.07) is 19.9. The second kappa shape index (κ2) is 8.21. The van der Waals surface area contributed by atoms with Gasteiger partial charge in [0, 0.05) is 28.8 Å². The smallest absolute Gasteiger partial charge is 0.170 e. The van der Waals surface area contributed by atoms with Gasteiger partial charge in [0.15, 0.2) is 5.11 Å². The number of benzene rings is 1. The molecule has 0 spiro atoms. The van der Waals surface area contributed by atoms with E-state index in [1.807, 2.05) is 55.6 Å². The number of hydrogen-bond donors (Lipinski definition) is 1. The fourth-order valence-corrected chi connectivity index (χ4v) is 4.54. The molecule has 0 aliphatic carbocycles. The molecule has 0 bridgehead atoms. The van der Waals surface area contributed by atoms with E-state index in [-0.39, 0.29) is 12.1 Å². The summed E-state index contributed by atoms with van der Waals surface area (Å²) in [5.74, 6) is 0.858. The highest BCUT2D eigenvalue weighted by Crippen LogP contribution is 2.40. The Balaban J connectivity index is 1.61. The van der Waals surface area contributed by atoms with Crippen molar-refractivity contribution in [1.82, 2.24) is 19.8 Å². The molecule has 0 saturated carbocycles. The molecule has 1 saturated heterocycles. The van der Waals surface area contributed by atoms with Crippen LogP contribution in [0.4, 0.5) is 0 Å². The number of nitrogens with one attached hydrogen (secondary N) is 1. The third-order valence-electron chi connectivity index (χ3n) is 5.61. The SMILES string of the molecule is Cc1cc(-n2cccc2[C@@H]2[C@H](c3ccccn3)NC(=S)N2Cc2ccco2)ccc1Cl. The minimum absolute atomic E-state index is 0.0708. The number of hydrogen-bond acceptors (Lipinski definition) is 3. The molecule has 4 heterocycles. The third kappa shape index (κ3) is 3.73. The van der Waals surface area contributed by atoms with Gasteiger partial charge in [-0.2, -0.15) is 0 Å². The first kappa shape index (κ1) is 19.8. The van der Waals surface area contributed by atoms with Crippen LogP contribution in [0.1, 0.15) is 34.8 Å². The first-order chi connectivity index (χ1) is 15.1. The molecule has 1 fully saturated rings. The molecule has 0 unspecified atom stereocenters. The largest absolute Gasteiger partial charge is 0.467 e. The molecule has 4 aromatic rings. The summed E-state index contributed by atoms with van der Waals surface area (Å²) in [5.41, 5.74) is 4.14. The molecule has 5 rings (SSSR count). The van der Waals surface area contributed by atoms with E-state index in [2.05, 4.69) is 44.2 Å². The molecule has 1 aliphatic rings. The molecule has 0 amide bonds. The van der Waals surface area contributed by atoms with E-state index in [9.17, 15) is 0 Å². The van der Waals surface area contributed by atoms with Crippen molar-refractivity contribution in [2.75, 3.05) is 0 Å². The average Bonchev–Trinajstić information content (AvgIpc) is 3.52. The number of furan rings is 1. The first-order valence-electron chi connectivity index (χ1n) is 10.1. The van der Waals surface area contributed by atoms with E-state index in [0.717, 1.165) is 33.4 Å². The lowest BCUT2D eigenvalue weighted by molar-refractivity contribution is 0.280. The minimum Gasteiger partial charge on any atom is -0.467 e. The Morgan fingerprint density at radius 1 is 1.13 bits per heavy atom. The summed E-state index contributed by atoms with van der Waals surface area (Å²) in [4.78, 5) is 6.78. The van der Waals surface area contributed by atoms with Crippen LogP contribution in [-0.4, -0.2) is 19.6 Å². The average molecular weight is 449 g/mol. The molecule has 0 radical (unpaired) electrons. The van der Waals surface area contributed by atoms with Crippen molar-refractivity contribution in [3.63, 3.8) is 0 Å². The molecule has 3 aromatic heterocycles. The minimum atomic E-state index is -0.0919. The van der Waals surface area contributed by atoms with Crippen molar-refractivity contribution in [1.29, 1.82) is 0 Å². The lowest BCUT2D eigenvalue weighted by Gasteiger charge is -2.28. The maximum absolute atomic E-state index is 6.27. The van der Waals surface area contributed by atoms with Gasteiger partial charge in [-0.25, -0.2) is 0 Å². The Kier molecular flexibility index (Phi) is 5.26. The fraction of sp³-hybridized carbons (Fsp3) is 0.167. The van der Waals surface area contributed by atoms with E-state index in [1.54, 1.807) is 6.26 Å². The van der Waals surface area contributed by atoms with Crippen molar-refractivity contribution in [2.45, 2.75) is 25.6 Å². The number of halogens is 1. The van der Waals surface area contributed by atoms with E-state index >= 15 is 0 Å². The fourth-order valence-electron chi connectivity index (χ4n) is 4.12. The van der Waals surface area contributed by atoms with Crippen molar-refractivity contribution < 1.29 is 4.42 Å². The van der Waals surface area contributed by atoms with Gasteiger partial charge >= 0.3 is 0 Å². The predicted octanol–water partition coefficient (Wildman–Crippen LogP) is 5.60. The van der Waals surface area contributed by atoms with Crippen molar-refractivity contribution >= 4 is 28.9 Å². The van der Waals surface area contributed by atoms with Gasteiger partial charge in [-0.15, -0.1) is 0 Å². The molecular weight excluding hydrogens is 428 g/mol. The Hall–Kier alpha value is -3.09. The van der Waals surface area contributed by atoms with Crippen LogP contribution in [-0.2, 0) is 6.54 Å². The second-order valence-electron chi connectivity index (χ2n) is 7.57. The van der Waals surface area contributed by atoms with Gasteiger partial charge in [0.05, 0.1) is 30.6 Å². The number of aryl methyl sites for hydroxylation is 1. The van der Waals surface area contributed by atoms with Crippen LogP contribution in [0, 0.1) is 6.92 Å². The number of nitrogens with zero attached hydrogens (tertiary/aromatic N) is 3. The van der Waals surface area contributed by atoms with Crippen LogP contribution in [0.3, 0.4) is 0 Å². The number of pyridine rings is 1. The van der Waals surface area contributed by atoms with Gasteiger partial charge in [-0.1, -0.05) is 17.7 Å². The highest BCUT2D eigenvalue weighted by molar-refractivity contribution is 7.80. The molecular formula is C24H21ClN4OS. The van der Waals surface area contributed by atoms with E-state index in [0.29, 0.717) is 11.7 Å².